The van der Waals surface area contributed by atoms with Crippen LogP contribution in [-0.4, -0.2) is 41.4 Å². The maximum Gasteiger partial charge on any atom is 0.522 e. The lowest BCUT2D eigenvalue weighted by molar-refractivity contribution is -0.0519. The molecular weight excluding hydrogens is 422 g/mol. The molecule has 0 bridgehead atoms. The Balaban J connectivity index is 0. The Hall–Kier alpha value is -0.383. The Morgan fingerprint density at radius 1 is 0.720 bits per heavy atom. The average Bonchev–Trinajstić information content (AvgIpc) is 2.19. The Labute approximate surface area is 144 Å². The van der Waals surface area contributed by atoms with Crippen LogP contribution in [0.15, 0.2) is 0 Å². The molecule has 0 aliphatic rings. The normalized spacial score (nSPS) is 15.0. The molecule has 0 aliphatic carbocycles. The van der Waals surface area contributed by atoms with Crippen molar-refractivity contribution >= 4 is 29.3 Å². The monoisotopic (exact) mass is 440 g/mol. The fourth-order valence-corrected chi connectivity index (χ4v) is 7.04. The van der Waals surface area contributed by atoms with Crippen molar-refractivity contribution in [3.63, 3.8) is 0 Å². The van der Waals surface area contributed by atoms with Gasteiger partial charge in [-0.15, -0.1) is 0 Å². The molecule has 0 rings (SSSR count). The first-order valence-electron chi connectivity index (χ1n) is 6.25. The minimum atomic E-state index is -6.09. The Bertz CT molecular complexity index is 625. The molecule has 0 aliphatic heterocycles. The molecule has 0 unspecified atom stereocenters. The molecular formula is C10H18F6O6S2Si-. The lowest BCUT2D eigenvalue weighted by Crippen LogP contribution is -2.43. The van der Waals surface area contributed by atoms with Gasteiger partial charge in [0.1, 0.15) is 0 Å². The summed E-state index contributed by atoms with van der Waals surface area (Å²) in [6.45, 7) is 10.1. The summed E-state index contributed by atoms with van der Waals surface area (Å²) in [5, 5.41) is -1.25. The van der Waals surface area contributed by atoms with Crippen LogP contribution in [0.3, 0.4) is 0 Å². The SMILES string of the molecule is CC(C)(C)[Si](OS(=O)(=O)C(F)(F)F)C(C)(C)C.O=S(=O)([O-])C(F)(F)F. The van der Waals surface area contributed by atoms with Crippen molar-refractivity contribution in [3.05, 3.63) is 0 Å². The summed E-state index contributed by atoms with van der Waals surface area (Å²) in [6.07, 6.45) is 0. The van der Waals surface area contributed by atoms with Gasteiger partial charge in [-0.3, -0.25) is 0 Å². The van der Waals surface area contributed by atoms with Crippen LogP contribution in [0.1, 0.15) is 41.5 Å². The minimum Gasteiger partial charge on any atom is -0.741 e. The maximum atomic E-state index is 12.3. The smallest absolute Gasteiger partial charge is 0.522 e. The van der Waals surface area contributed by atoms with Gasteiger partial charge in [0.05, 0.1) is 0 Å². The van der Waals surface area contributed by atoms with E-state index in [-0.39, 0.29) is 0 Å². The highest BCUT2D eigenvalue weighted by Gasteiger charge is 2.52. The molecule has 15 heteroatoms. The second kappa shape index (κ2) is 7.70. The zero-order chi connectivity index (χ0) is 21.3. The molecule has 6 nitrogen and oxygen atoms in total. The van der Waals surface area contributed by atoms with Crippen LogP contribution in [0.4, 0.5) is 26.3 Å². The molecule has 153 valence electrons. The zero-order valence-corrected chi connectivity index (χ0v) is 16.7. The van der Waals surface area contributed by atoms with E-state index < -0.39 is 50.4 Å². The summed E-state index contributed by atoms with van der Waals surface area (Å²) < 4.78 is 122. The van der Waals surface area contributed by atoms with Gasteiger partial charge in [-0.25, -0.2) is 8.42 Å². The van der Waals surface area contributed by atoms with Gasteiger partial charge in [0, 0.05) is 0 Å². The van der Waals surface area contributed by atoms with Gasteiger partial charge in [0.25, 0.3) is 0 Å². The lowest BCUT2D eigenvalue weighted by Gasteiger charge is -2.36. The van der Waals surface area contributed by atoms with Crippen LogP contribution < -0.4 is 0 Å². The first-order chi connectivity index (χ1) is 10.3. The minimum absolute atomic E-state index is 0.624. The molecule has 0 spiro atoms. The second-order valence-electron chi connectivity index (χ2n) is 6.71. The summed E-state index contributed by atoms with van der Waals surface area (Å²) >= 11 is 0. The molecule has 0 aromatic rings. The van der Waals surface area contributed by atoms with Gasteiger partial charge < -0.3 is 8.42 Å². The summed E-state index contributed by atoms with van der Waals surface area (Å²) in [7, 11) is -13.8. The summed E-state index contributed by atoms with van der Waals surface area (Å²) in [5.74, 6) is 0. The van der Waals surface area contributed by atoms with Gasteiger partial charge >= 0.3 is 21.1 Å². The van der Waals surface area contributed by atoms with Gasteiger partial charge in [0.2, 0.25) is 9.04 Å². The third-order valence-corrected chi connectivity index (χ3v) is 7.53. The molecule has 25 heavy (non-hydrogen) atoms. The number of hydrogen-bond donors (Lipinski definition) is 0. The number of hydrogen-bond acceptors (Lipinski definition) is 6. The van der Waals surface area contributed by atoms with E-state index in [0.717, 1.165) is 0 Å². The maximum absolute atomic E-state index is 12.3. The highest BCUT2D eigenvalue weighted by atomic mass is 32.2. The van der Waals surface area contributed by atoms with E-state index in [1.165, 1.54) is 0 Å². The molecule has 1 radical (unpaired) electrons. The Morgan fingerprint density at radius 2 is 0.960 bits per heavy atom. The number of halogens is 6. The van der Waals surface area contributed by atoms with Crippen molar-refractivity contribution in [2.75, 3.05) is 0 Å². The topological polar surface area (TPSA) is 101 Å². The van der Waals surface area contributed by atoms with Crippen molar-refractivity contribution < 1.29 is 51.6 Å². The molecule has 0 N–H and O–H groups in total. The van der Waals surface area contributed by atoms with Crippen LogP contribution in [-0.2, 0) is 24.1 Å². The third-order valence-electron chi connectivity index (χ3n) is 2.12. The molecule has 0 aromatic carbocycles. The molecule has 0 aromatic heterocycles. The highest BCUT2D eigenvalue weighted by Crippen LogP contribution is 2.44. The van der Waals surface area contributed by atoms with Crippen LogP contribution in [0.5, 0.6) is 0 Å². The number of alkyl halides is 6. The van der Waals surface area contributed by atoms with E-state index >= 15 is 0 Å². The van der Waals surface area contributed by atoms with Crippen LogP contribution in [0.25, 0.3) is 0 Å². The summed E-state index contributed by atoms with van der Waals surface area (Å²) in [5.41, 5.74) is -11.0. The van der Waals surface area contributed by atoms with Gasteiger partial charge in [0.15, 0.2) is 10.1 Å². The molecule has 0 fully saturated rings. The van der Waals surface area contributed by atoms with Crippen LogP contribution in [0.2, 0.25) is 10.1 Å². The summed E-state index contributed by atoms with van der Waals surface area (Å²) in [4.78, 5) is 0. The first-order valence-corrected chi connectivity index (χ1v) is 10.5. The fraction of sp³-hybridized carbons (Fsp3) is 1.00. The van der Waals surface area contributed by atoms with Gasteiger partial charge in [-0.05, 0) is 10.1 Å². The summed E-state index contributed by atoms with van der Waals surface area (Å²) in [6, 6.07) is 0. The van der Waals surface area contributed by atoms with Crippen LogP contribution >= 0.6 is 0 Å². The van der Waals surface area contributed by atoms with E-state index in [4.69, 9.17) is 13.0 Å². The van der Waals surface area contributed by atoms with E-state index in [0.29, 0.717) is 0 Å². The largest absolute Gasteiger partial charge is 0.741 e. The molecule has 0 saturated heterocycles. The van der Waals surface area contributed by atoms with Crippen LogP contribution in [0, 0.1) is 0 Å². The lowest BCUT2D eigenvalue weighted by atomic mass is 10.2. The van der Waals surface area contributed by atoms with E-state index in [2.05, 4.69) is 3.87 Å². The quantitative estimate of drug-likeness (QED) is 0.282. The van der Waals surface area contributed by atoms with Crippen molar-refractivity contribution in [2.24, 2.45) is 0 Å². The van der Waals surface area contributed by atoms with Gasteiger partial charge in [-0.2, -0.15) is 34.8 Å². The highest BCUT2D eigenvalue weighted by molar-refractivity contribution is 7.88. The predicted octanol–water partition coefficient (Wildman–Crippen LogP) is 3.50. The predicted molar refractivity (Wildman–Crippen MR) is 77.0 cm³/mol. The van der Waals surface area contributed by atoms with Gasteiger partial charge in [-0.1, -0.05) is 41.5 Å². The van der Waals surface area contributed by atoms with E-state index in [9.17, 15) is 34.8 Å². The van der Waals surface area contributed by atoms with Crippen molar-refractivity contribution in [1.29, 1.82) is 0 Å². The van der Waals surface area contributed by atoms with E-state index in [1.807, 2.05) is 0 Å². The molecule has 0 saturated carbocycles. The standard InChI is InChI=1S/C9H18F3O3SSi.CHF3O3S/c1-7(2,3)17(8(4,5)6)15-16(13,14)9(10,11)12;2-1(3,4)8(5,6)7/h1-6H3;(H,5,6,7)/p-1. The second-order valence-corrected chi connectivity index (χ2v) is 13.8. The fourth-order valence-electron chi connectivity index (χ4n) is 1.53. The Kier molecular flexibility index (Phi) is 8.26. The molecule has 0 heterocycles. The first kappa shape index (κ1) is 26.8. The Morgan fingerprint density at radius 3 is 1.08 bits per heavy atom. The van der Waals surface area contributed by atoms with Crippen molar-refractivity contribution in [1.82, 2.24) is 0 Å². The van der Waals surface area contributed by atoms with Crippen molar-refractivity contribution in [2.45, 2.75) is 62.6 Å². The third kappa shape index (κ3) is 9.21. The number of rotatable bonds is 2. The van der Waals surface area contributed by atoms with E-state index in [1.54, 1.807) is 41.5 Å². The molecule has 0 amide bonds. The van der Waals surface area contributed by atoms with Crippen molar-refractivity contribution in [3.8, 4) is 0 Å². The molecule has 0 atom stereocenters. The zero-order valence-electron chi connectivity index (χ0n) is 14.0. The average molecular weight is 440 g/mol.